The molecule has 0 spiro atoms. The molecule has 2 aliphatic rings. The maximum absolute atomic E-state index is 11.9. The Labute approximate surface area is 131 Å². The van der Waals surface area contributed by atoms with Crippen LogP contribution in [0, 0.1) is 5.41 Å². The number of hydrogen-bond donors (Lipinski definition) is 3. The second-order valence-corrected chi connectivity index (χ2v) is 6.64. The summed E-state index contributed by atoms with van der Waals surface area (Å²) in [5.74, 6) is 0. The van der Waals surface area contributed by atoms with E-state index < -0.39 is 0 Å². The van der Waals surface area contributed by atoms with Gasteiger partial charge in [0.25, 0.3) is 0 Å². The zero-order chi connectivity index (χ0) is 15.6. The third-order valence-corrected chi connectivity index (χ3v) is 4.93. The Bertz CT molecular complexity index is 542. The summed E-state index contributed by atoms with van der Waals surface area (Å²) in [5.41, 5.74) is 2.63. The third-order valence-electron chi connectivity index (χ3n) is 4.93. The van der Waals surface area contributed by atoms with E-state index in [1.165, 1.54) is 11.3 Å². The Morgan fingerprint density at radius 1 is 1.36 bits per heavy atom. The molecule has 2 amide bonds. The normalized spacial score (nSPS) is 19.5. The van der Waals surface area contributed by atoms with Gasteiger partial charge >= 0.3 is 6.03 Å². The fourth-order valence-corrected chi connectivity index (χ4v) is 3.07. The smallest absolute Gasteiger partial charge is 0.314 e. The summed E-state index contributed by atoms with van der Waals surface area (Å²) < 4.78 is 0. The molecule has 1 aromatic carbocycles. The second kappa shape index (κ2) is 6.16. The number of benzene rings is 1. The SMILES string of the molecule is CC(CNC(=O)NCC1(CO)CC1)N1CCc2ccccc21. The van der Waals surface area contributed by atoms with Crippen molar-refractivity contribution in [2.75, 3.05) is 31.1 Å². The molecule has 1 aromatic rings. The first-order valence-corrected chi connectivity index (χ1v) is 8.11. The van der Waals surface area contributed by atoms with Crippen molar-refractivity contribution in [3.05, 3.63) is 29.8 Å². The Kier molecular flexibility index (Phi) is 4.25. The highest BCUT2D eigenvalue weighted by Crippen LogP contribution is 2.44. The first-order valence-electron chi connectivity index (χ1n) is 8.11. The Balaban J connectivity index is 1.45. The van der Waals surface area contributed by atoms with Gasteiger partial charge in [0.05, 0.1) is 6.61 Å². The molecule has 1 fully saturated rings. The van der Waals surface area contributed by atoms with E-state index in [0.29, 0.717) is 13.1 Å². The van der Waals surface area contributed by atoms with E-state index in [4.69, 9.17) is 0 Å². The van der Waals surface area contributed by atoms with Gasteiger partial charge in [0.2, 0.25) is 0 Å². The van der Waals surface area contributed by atoms with E-state index in [1.807, 2.05) is 0 Å². The van der Waals surface area contributed by atoms with Crippen LogP contribution in [-0.2, 0) is 6.42 Å². The van der Waals surface area contributed by atoms with Crippen molar-refractivity contribution in [3.8, 4) is 0 Å². The van der Waals surface area contributed by atoms with Crippen molar-refractivity contribution < 1.29 is 9.90 Å². The Morgan fingerprint density at radius 2 is 2.14 bits per heavy atom. The van der Waals surface area contributed by atoms with Crippen molar-refractivity contribution in [2.45, 2.75) is 32.2 Å². The molecule has 120 valence electrons. The predicted octanol–water partition coefficient (Wildman–Crippen LogP) is 1.51. The van der Waals surface area contributed by atoms with E-state index in [2.05, 4.69) is 46.7 Å². The topological polar surface area (TPSA) is 64.6 Å². The first kappa shape index (κ1) is 15.2. The molecule has 1 atom stereocenters. The van der Waals surface area contributed by atoms with E-state index in [9.17, 15) is 9.90 Å². The van der Waals surface area contributed by atoms with Crippen LogP contribution in [0.4, 0.5) is 10.5 Å². The minimum Gasteiger partial charge on any atom is -0.396 e. The molecule has 0 aromatic heterocycles. The molecule has 0 bridgehead atoms. The minimum absolute atomic E-state index is 0.0448. The number of fused-ring (bicyclic) bond motifs is 1. The lowest BCUT2D eigenvalue weighted by Crippen LogP contribution is -2.46. The van der Waals surface area contributed by atoms with Gasteiger partial charge in [-0.3, -0.25) is 0 Å². The fraction of sp³-hybridized carbons (Fsp3) is 0.588. The number of nitrogens with one attached hydrogen (secondary N) is 2. The molecule has 1 aliphatic heterocycles. The van der Waals surface area contributed by atoms with Crippen LogP contribution < -0.4 is 15.5 Å². The highest BCUT2D eigenvalue weighted by molar-refractivity contribution is 5.74. The van der Waals surface area contributed by atoms with Gasteiger partial charge in [-0.1, -0.05) is 18.2 Å². The van der Waals surface area contributed by atoms with Crippen LogP contribution in [-0.4, -0.2) is 43.4 Å². The number of amides is 2. The molecule has 22 heavy (non-hydrogen) atoms. The van der Waals surface area contributed by atoms with Crippen molar-refractivity contribution in [1.29, 1.82) is 0 Å². The molecule has 1 aliphatic carbocycles. The number of nitrogens with zero attached hydrogens (tertiary/aromatic N) is 1. The van der Waals surface area contributed by atoms with Gasteiger partial charge in [-0.15, -0.1) is 0 Å². The predicted molar refractivity (Wildman–Crippen MR) is 87.1 cm³/mol. The average Bonchev–Trinajstić information content (AvgIpc) is 3.21. The summed E-state index contributed by atoms with van der Waals surface area (Å²) in [5, 5.41) is 15.1. The van der Waals surface area contributed by atoms with Crippen LogP contribution in [0.5, 0.6) is 0 Å². The summed E-state index contributed by atoms with van der Waals surface area (Å²) in [6.45, 7) is 4.49. The maximum Gasteiger partial charge on any atom is 0.314 e. The summed E-state index contributed by atoms with van der Waals surface area (Å²) >= 11 is 0. The lowest BCUT2D eigenvalue weighted by atomic mass is 10.1. The molecule has 5 nitrogen and oxygen atoms in total. The molecule has 5 heteroatoms. The van der Waals surface area contributed by atoms with Crippen LogP contribution in [0.15, 0.2) is 24.3 Å². The zero-order valence-corrected chi connectivity index (χ0v) is 13.1. The quantitative estimate of drug-likeness (QED) is 0.746. The van der Waals surface area contributed by atoms with Gasteiger partial charge in [0, 0.05) is 36.8 Å². The number of carbonyl (C=O) groups excluding carboxylic acids is 1. The molecule has 1 unspecified atom stereocenters. The molecular weight excluding hydrogens is 278 g/mol. The standard InChI is InChI=1S/C17H25N3O2/c1-13(20-9-6-14-4-2-3-5-15(14)20)10-18-16(22)19-11-17(12-21)7-8-17/h2-5,13,21H,6-12H2,1H3,(H2,18,19,22). The Hall–Kier alpha value is -1.75. The lowest BCUT2D eigenvalue weighted by Gasteiger charge is -2.27. The van der Waals surface area contributed by atoms with Crippen molar-refractivity contribution in [2.24, 2.45) is 5.41 Å². The number of para-hydroxylation sites is 1. The Morgan fingerprint density at radius 3 is 2.86 bits per heavy atom. The number of carbonyl (C=O) groups is 1. The van der Waals surface area contributed by atoms with Crippen LogP contribution >= 0.6 is 0 Å². The van der Waals surface area contributed by atoms with Gasteiger partial charge in [-0.2, -0.15) is 0 Å². The first-order chi connectivity index (χ1) is 10.6. The largest absolute Gasteiger partial charge is 0.396 e. The summed E-state index contributed by atoms with van der Waals surface area (Å²) in [6, 6.07) is 8.59. The van der Waals surface area contributed by atoms with Crippen molar-refractivity contribution in [1.82, 2.24) is 10.6 Å². The van der Waals surface area contributed by atoms with Gasteiger partial charge < -0.3 is 20.6 Å². The number of aliphatic hydroxyl groups excluding tert-OH is 1. The zero-order valence-electron chi connectivity index (χ0n) is 13.1. The molecular formula is C17H25N3O2. The van der Waals surface area contributed by atoms with Crippen LogP contribution in [0.2, 0.25) is 0 Å². The number of urea groups is 1. The monoisotopic (exact) mass is 303 g/mol. The molecule has 0 radical (unpaired) electrons. The maximum atomic E-state index is 11.9. The van der Waals surface area contributed by atoms with Crippen LogP contribution in [0.3, 0.4) is 0 Å². The highest BCUT2D eigenvalue weighted by atomic mass is 16.3. The number of aliphatic hydroxyl groups is 1. The van der Waals surface area contributed by atoms with Gasteiger partial charge in [-0.05, 0) is 37.8 Å². The second-order valence-electron chi connectivity index (χ2n) is 6.64. The minimum atomic E-state index is -0.140. The molecule has 1 heterocycles. The highest BCUT2D eigenvalue weighted by Gasteiger charge is 2.42. The van der Waals surface area contributed by atoms with E-state index in [0.717, 1.165) is 25.8 Å². The van der Waals surface area contributed by atoms with Crippen molar-refractivity contribution >= 4 is 11.7 Å². The van der Waals surface area contributed by atoms with E-state index in [-0.39, 0.29) is 24.1 Å². The van der Waals surface area contributed by atoms with E-state index in [1.54, 1.807) is 0 Å². The summed E-state index contributed by atoms with van der Waals surface area (Å²) in [4.78, 5) is 14.2. The van der Waals surface area contributed by atoms with Crippen LogP contribution in [0.1, 0.15) is 25.3 Å². The molecule has 3 N–H and O–H groups in total. The average molecular weight is 303 g/mol. The number of anilines is 1. The third kappa shape index (κ3) is 3.19. The fourth-order valence-electron chi connectivity index (χ4n) is 3.07. The summed E-state index contributed by atoms with van der Waals surface area (Å²) in [7, 11) is 0. The molecule has 3 rings (SSSR count). The van der Waals surface area contributed by atoms with E-state index >= 15 is 0 Å². The molecule has 0 saturated heterocycles. The van der Waals surface area contributed by atoms with Crippen LogP contribution in [0.25, 0.3) is 0 Å². The van der Waals surface area contributed by atoms with Gasteiger partial charge in [0.1, 0.15) is 0 Å². The number of rotatable bonds is 6. The number of hydrogen-bond acceptors (Lipinski definition) is 3. The lowest BCUT2D eigenvalue weighted by molar-refractivity contribution is 0.203. The summed E-state index contributed by atoms with van der Waals surface area (Å²) in [6.07, 6.45) is 3.08. The van der Waals surface area contributed by atoms with Crippen molar-refractivity contribution in [3.63, 3.8) is 0 Å². The van der Waals surface area contributed by atoms with Gasteiger partial charge in [0.15, 0.2) is 0 Å². The molecule has 1 saturated carbocycles. The van der Waals surface area contributed by atoms with Gasteiger partial charge in [-0.25, -0.2) is 4.79 Å².